The van der Waals surface area contributed by atoms with Gasteiger partial charge in [0.1, 0.15) is 4.75 Å². The minimum absolute atomic E-state index is 0.0235. The molecule has 2 amide bonds. The van der Waals surface area contributed by atoms with Crippen LogP contribution in [0.5, 0.6) is 0 Å². The number of thiophene rings is 1. The molecule has 10 heteroatoms. The number of nitrogens with one attached hydrogen (secondary N) is 3. The Hall–Kier alpha value is -2.27. The monoisotopic (exact) mass is 477 g/mol. The lowest BCUT2D eigenvalue weighted by Crippen LogP contribution is -2.43. The summed E-state index contributed by atoms with van der Waals surface area (Å²) >= 11 is 1.33. The third kappa shape index (κ3) is 4.45. The van der Waals surface area contributed by atoms with Gasteiger partial charge in [0.25, 0.3) is 0 Å². The van der Waals surface area contributed by atoms with Crippen LogP contribution in [0.2, 0.25) is 0 Å². The fraction of sp³-hybridized carbons (Fsp3) is 0.455. The standard InChI is InChI=1S/C22H27N3O5S2/c26-20(25-28)14-22(10-1-2-12-32(22,29)30)19-9-8-18(31-19)15-5-3-6-16(13-15)24-21(27)17-7-4-11-23-17/h3,5-6,8-9,13,17,23,28H,1-2,4,7,10-12,14H2,(H,24,27)(H,25,26)/t17-,22-/m0/s1. The first kappa shape index (κ1) is 22.9. The molecule has 2 atom stereocenters. The van der Waals surface area contributed by atoms with E-state index in [1.807, 2.05) is 30.3 Å². The highest BCUT2D eigenvalue weighted by molar-refractivity contribution is 7.92. The van der Waals surface area contributed by atoms with Crippen LogP contribution in [0.4, 0.5) is 5.69 Å². The molecule has 32 heavy (non-hydrogen) atoms. The first-order valence-corrected chi connectivity index (χ1v) is 13.2. The van der Waals surface area contributed by atoms with Gasteiger partial charge in [-0.3, -0.25) is 14.8 Å². The Morgan fingerprint density at radius 2 is 2.03 bits per heavy atom. The van der Waals surface area contributed by atoms with E-state index in [4.69, 9.17) is 5.21 Å². The van der Waals surface area contributed by atoms with Gasteiger partial charge >= 0.3 is 0 Å². The molecule has 0 unspecified atom stereocenters. The molecule has 2 aromatic rings. The van der Waals surface area contributed by atoms with Gasteiger partial charge in [0.2, 0.25) is 11.8 Å². The van der Waals surface area contributed by atoms with Gasteiger partial charge in [-0.2, -0.15) is 0 Å². The zero-order chi connectivity index (χ0) is 22.8. The third-order valence-corrected chi connectivity index (χ3v) is 10.3. The fourth-order valence-corrected chi connectivity index (χ4v) is 8.32. The van der Waals surface area contributed by atoms with E-state index in [1.54, 1.807) is 11.5 Å². The van der Waals surface area contributed by atoms with Crippen LogP contribution in [0.25, 0.3) is 10.4 Å². The molecule has 2 aliphatic heterocycles. The van der Waals surface area contributed by atoms with E-state index in [-0.39, 0.29) is 24.1 Å². The van der Waals surface area contributed by atoms with Crippen molar-refractivity contribution in [1.29, 1.82) is 0 Å². The molecule has 2 saturated heterocycles. The highest BCUT2D eigenvalue weighted by Crippen LogP contribution is 2.47. The Balaban J connectivity index is 1.62. The lowest BCUT2D eigenvalue weighted by Gasteiger charge is -2.35. The number of benzene rings is 1. The van der Waals surface area contributed by atoms with Crippen LogP contribution in [-0.2, 0) is 24.2 Å². The Morgan fingerprint density at radius 3 is 2.75 bits per heavy atom. The summed E-state index contributed by atoms with van der Waals surface area (Å²) in [5.41, 5.74) is 3.12. The molecule has 0 spiro atoms. The van der Waals surface area contributed by atoms with E-state index in [0.29, 0.717) is 29.8 Å². The lowest BCUT2D eigenvalue weighted by atomic mass is 9.94. The molecule has 0 saturated carbocycles. The molecule has 0 bridgehead atoms. The second kappa shape index (κ2) is 9.30. The molecule has 1 aromatic heterocycles. The van der Waals surface area contributed by atoms with Gasteiger partial charge in [0.05, 0.1) is 18.2 Å². The molecule has 8 nitrogen and oxygen atoms in total. The first-order valence-electron chi connectivity index (χ1n) is 10.7. The van der Waals surface area contributed by atoms with E-state index in [1.165, 1.54) is 11.3 Å². The van der Waals surface area contributed by atoms with Gasteiger partial charge in [0, 0.05) is 15.4 Å². The van der Waals surface area contributed by atoms with Crippen molar-refractivity contribution in [3.8, 4) is 10.4 Å². The summed E-state index contributed by atoms with van der Waals surface area (Å²) in [4.78, 5) is 25.9. The molecular formula is C22H27N3O5S2. The molecule has 2 aliphatic rings. The lowest BCUT2D eigenvalue weighted by molar-refractivity contribution is -0.130. The van der Waals surface area contributed by atoms with Crippen LogP contribution in [-0.4, -0.2) is 43.8 Å². The molecule has 3 heterocycles. The van der Waals surface area contributed by atoms with Crippen molar-refractivity contribution in [3.05, 3.63) is 41.3 Å². The molecule has 4 rings (SSSR count). The summed E-state index contributed by atoms with van der Waals surface area (Å²) in [6.07, 6.45) is 3.10. The SMILES string of the molecule is O=C(C[C@]1(c2ccc(-c3cccc(NC(=O)[C@@H]4CCCN4)c3)s2)CCCCS1(=O)=O)NO. The third-order valence-electron chi connectivity index (χ3n) is 6.26. The second-order valence-corrected chi connectivity index (χ2v) is 11.9. The van der Waals surface area contributed by atoms with Crippen molar-refractivity contribution in [2.75, 3.05) is 17.6 Å². The Morgan fingerprint density at radius 1 is 1.19 bits per heavy atom. The molecule has 172 valence electrons. The van der Waals surface area contributed by atoms with E-state index in [2.05, 4.69) is 10.6 Å². The maximum Gasteiger partial charge on any atom is 0.245 e. The van der Waals surface area contributed by atoms with Gasteiger partial charge in [0.15, 0.2) is 9.84 Å². The Kier molecular flexibility index (Phi) is 6.66. The number of amides is 2. The van der Waals surface area contributed by atoms with E-state index in [0.717, 1.165) is 29.8 Å². The number of sulfone groups is 1. The van der Waals surface area contributed by atoms with Crippen molar-refractivity contribution < 1.29 is 23.2 Å². The van der Waals surface area contributed by atoms with Crippen molar-refractivity contribution in [2.45, 2.75) is 49.3 Å². The summed E-state index contributed by atoms with van der Waals surface area (Å²) in [6, 6.07) is 10.9. The normalized spacial score (nSPS) is 24.7. The zero-order valence-corrected chi connectivity index (χ0v) is 19.2. The fourth-order valence-electron chi connectivity index (χ4n) is 4.54. The first-order chi connectivity index (χ1) is 15.3. The van der Waals surface area contributed by atoms with E-state index in [9.17, 15) is 18.0 Å². The van der Waals surface area contributed by atoms with Crippen LogP contribution < -0.4 is 16.1 Å². The van der Waals surface area contributed by atoms with Crippen LogP contribution in [0.3, 0.4) is 0 Å². The van der Waals surface area contributed by atoms with Gasteiger partial charge in [-0.25, -0.2) is 13.9 Å². The minimum atomic E-state index is -3.57. The van der Waals surface area contributed by atoms with Gasteiger partial charge in [-0.05, 0) is 62.1 Å². The maximum absolute atomic E-state index is 13.1. The second-order valence-electron chi connectivity index (χ2n) is 8.36. The van der Waals surface area contributed by atoms with Crippen LogP contribution in [0.1, 0.15) is 43.4 Å². The maximum atomic E-state index is 13.1. The van der Waals surface area contributed by atoms with E-state index >= 15 is 0 Å². The van der Waals surface area contributed by atoms with Crippen LogP contribution >= 0.6 is 11.3 Å². The molecule has 0 aliphatic carbocycles. The number of hydroxylamine groups is 1. The number of rotatable bonds is 6. The number of carbonyl (C=O) groups excluding carboxylic acids is 2. The van der Waals surface area contributed by atoms with Crippen molar-refractivity contribution in [1.82, 2.24) is 10.8 Å². The topological polar surface area (TPSA) is 125 Å². The quantitative estimate of drug-likeness (QED) is 0.375. The van der Waals surface area contributed by atoms with Crippen LogP contribution in [0.15, 0.2) is 36.4 Å². The Bertz CT molecular complexity index is 1110. The molecule has 1 aromatic carbocycles. The average Bonchev–Trinajstić information content (AvgIpc) is 3.48. The minimum Gasteiger partial charge on any atom is -0.325 e. The largest absolute Gasteiger partial charge is 0.325 e. The molecule has 0 radical (unpaired) electrons. The molecule has 4 N–H and O–H groups in total. The number of hydrogen-bond acceptors (Lipinski definition) is 7. The predicted molar refractivity (Wildman–Crippen MR) is 123 cm³/mol. The van der Waals surface area contributed by atoms with Gasteiger partial charge in [-0.1, -0.05) is 18.6 Å². The zero-order valence-electron chi connectivity index (χ0n) is 17.6. The number of anilines is 1. The summed E-state index contributed by atoms with van der Waals surface area (Å²) in [7, 11) is -3.57. The summed E-state index contributed by atoms with van der Waals surface area (Å²) < 4.78 is 24.9. The molecular weight excluding hydrogens is 450 g/mol. The van der Waals surface area contributed by atoms with Gasteiger partial charge < -0.3 is 10.6 Å². The highest BCUT2D eigenvalue weighted by Gasteiger charge is 2.49. The average molecular weight is 478 g/mol. The number of carbonyl (C=O) groups is 2. The number of hydrogen-bond donors (Lipinski definition) is 4. The summed E-state index contributed by atoms with van der Waals surface area (Å²) in [5, 5.41) is 15.2. The smallest absolute Gasteiger partial charge is 0.245 e. The van der Waals surface area contributed by atoms with Crippen LogP contribution in [0, 0.1) is 0 Å². The van der Waals surface area contributed by atoms with Gasteiger partial charge in [-0.15, -0.1) is 11.3 Å². The van der Waals surface area contributed by atoms with Crippen molar-refractivity contribution in [3.63, 3.8) is 0 Å². The van der Waals surface area contributed by atoms with E-state index < -0.39 is 20.5 Å². The summed E-state index contributed by atoms with van der Waals surface area (Å²) in [5.74, 6) is -0.750. The highest BCUT2D eigenvalue weighted by atomic mass is 32.2. The predicted octanol–water partition coefficient (Wildman–Crippen LogP) is 2.80. The van der Waals surface area contributed by atoms with Crippen molar-refractivity contribution in [2.24, 2.45) is 0 Å². The van der Waals surface area contributed by atoms with Crippen molar-refractivity contribution >= 4 is 38.7 Å². The Labute approximate surface area is 191 Å². The molecule has 2 fully saturated rings. The summed E-state index contributed by atoms with van der Waals surface area (Å²) in [6.45, 7) is 0.842.